The Morgan fingerprint density at radius 2 is 1.79 bits per heavy atom. The van der Waals surface area contributed by atoms with Gasteiger partial charge in [-0.1, -0.05) is 37.6 Å². The van der Waals surface area contributed by atoms with E-state index in [1.165, 1.54) is 6.07 Å². The molecule has 0 bridgehead atoms. The van der Waals surface area contributed by atoms with E-state index < -0.39 is 35.4 Å². The van der Waals surface area contributed by atoms with E-state index >= 15 is 0 Å². The SMILES string of the molecule is COc1ccc(CNC(=O)COC(=O)C(NC(=O)c2ccc([N+](=O)[O-])cc2Cl)C(C)C)cc1. The van der Waals surface area contributed by atoms with Crippen LogP contribution in [0.2, 0.25) is 5.02 Å². The third-order valence-corrected chi connectivity index (χ3v) is 4.92. The fourth-order valence-electron chi connectivity index (χ4n) is 2.74. The summed E-state index contributed by atoms with van der Waals surface area (Å²) < 4.78 is 10.1. The van der Waals surface area contributed by atoms with Gasteiger partial charge in [0.2, 0.25) is 0 Å². The lowest BCUT2D eigenvalue weighted by atomic mass is 10.0. The number of non-ortho nitro benzene ring substituents is 1. The minimum absolute atomic E-state index is 0.0297. The van der Waals surface area contributed by atoms with E-state index in [-0.39, 0.29) is 28.7 Å². The molecule has 0 radical (unpaired) electrons. The largest absolute Gasteiger partial charge is 0.497 e. The van der Waals surface area contributed by atoms with E-state index in [0.29, 0.717) is 5.75 Å². The number of halogens is 1. The standard InChI is InChI=1S/C22H24ClN3O7/c1-13(2)20(25-21(28)17-9-6-15(26(30)31)10-18(17)23)22(29)33-12-19(27)24-11-14-4-7-16(32-3)8-5-14/h4-10,13,20H,11-12H2,1-3H3,(H,24,27)(H,25,28). The Morgan fingerprint density at radius 3 is 2.33 bits per heavy atom. The van der Waals surface area contributed by atoms with Crippen LogP contribution in [-0.2, 0) is 20.9 Å². The maximum Gasteiger partial charge on any atom is 0.329 e. The van der Waals surface area contributed by atoms with Gasteiger partial charge in [0.15, 0.2) is 6.61 Å². The molecule has 0 aromatic heterocycles. The van der Waals surface area contributed by atoms with Crippen LogP contribution in [0.3, 0.4) is 0 Å². The van der Waals surface area contributed by atoms with E-state index in [4.69, 9.17) is 21.1 Å². The Kier molecular flexibility index (Phi) is 9.17. The lowest BCUT2D eigenvalue weighted by molar-refractivity contribution is -0.384. The zero-order valence-corrected chi connectivity index (χ0v) is 19.0. The lowest BCUT2D eigenvalue weighted by Gasteiger charge is -2.21. The molecule has 0 saturated carbocycles. The molecule has 0 saturated heterocycles. The molecule has 2 N–H and O–H groups in total. The molecule has 176 valence electrons. The van der Waals surface area contributed by atoms with E-state index in [0.717, 1.165) is 17.7 Å². The van der Waals surface area contributed by atoms with E-state index in [2.05, 4.69) is 10.6 Å². The number of hydrogen-bond donors (Lipinski definition) is 2. The summed E-state index contributed by atoms with van der Waals surface area (Å²) in [6, 6.07) is 9.42. The van der Waals surface area contributed by atoms with E-state index in [1.807, 2.05) is 0 Å². The Hall–Kier alpha value is -3.66. The molecule has 0 fully saturated rings. The minimum atomic E-state index is -1.06. The highest BCUT2D eigenvalue weighted by atomic mass is 35.5. The van der Waals surface area contributed by atoms with Gasteiger partial charge in [0, 0.05) is 18.7 Å². The Morgan fingerprint density at radius 1 is 1.12 bits per heavy atom. The quantitative estimate of drug-likeness (QED) is 0.305. The second-order valence-corrected chi connectivity index (χ2v) is 7.76. The van der Waals surface area contributed by atoms with Gasteiger partial charge in [0.25, 0.3) is 17.5 Å². The molecule has 2 rings (SSSR count). The van der Waals surface area contributed by atoms with Crippen LogP contribution in [0.15, 0.2) is 42.5 Å². The third kappa shape index (κ3) is 7.46. The zero-order chi connectivity index (χ0) is 24.5. The third-order valence-electron chi connectivity index (χ3n) is 4.61. The number of hydrogen-bond acceptors (Lipinski definition) is 7. The first-order valence-electron chi connectivity index (χ1n) is 9.93. The predicted molar refractivity (Wildman–Crippen MR) is 120 cm³/mol. The summed E-state index contributed by atoms with van der Waals surface area (Å²) in [5, 5.41) is 15.8. The normalized spacial score (nSPS) is 11.4. The van der Waals surface area contributed by atoms with Gasteiger partial charge in [-0.05, 0) is 29.7 Å². The summed E-state index contributed by atoms with van der Waals surface area (Å²) in [4.78, 5) is 47.2. The highest BCUT2D eigenvalue weighted by Crippen LogP contribution is 2.22. The highest BCUT2D eigenvalue weighted by Gasteiger charge is 2.28. The Labute approximate surface area is 195 Å². The smallest absolute Gasteiger partial charge is 0.329 e. The summed E-state index contributed by atoms with van der Waals surface area (Å²) >= 11 is 5.97. The molecule has 2 aromatic carbocycles. The van der Waals surface area contributed by atoms with Crippen LogP contribution in [0, 0.1) is 16.0 Å². The van der Waals surface area contributed by atoms with Crippen LogP contribution < -0.4 is 15.4 Å². The molecule has 0 aliphatic rings. The number of carbonyl (C=O) groups is 3. The summed E-state index contributed by atoms with van der Waals surface area (Å²) in [5.41, 5.74) is 0.540. The van der Waals surface area contributed by atoms with E-state index in [1.54, 1.807) is 45.2 Å². The monoisotopic (exact) mass is 477 g/mol. The van der Waals surface area contributed by atoms with Crippen molar-refractivity contribution in [2.45, 2.75) is 26.4 Å². The molecule has 0 aliphatic heterocycles. The molecule has 0 aliphatic carbocycles. The molecule has 11 heteroatoms. The van der Waals surface area contributed by atoms with Gasteiger partial charge in [-0.25, -0.2) is 4.79 Å². The second kappa shape index (κ2) is 11.8. The van der Waals surface area contributed by atoms with Gasteiger partial charge in [-0.15, -0.1) is 0 Å². The molecule has 33 heavy (non-hydrogen) atoms. The van der Waals surface area contributed by atoms with Crippen molar-refractivity contribution in [2.24, 2.45) is 5.92 Å². The molecule has 0 spiro atoms. The maximum absolute atomic E-state index is 12.5. The van der Waals surface area contributed by atoms with Gasteiger partial charge in [0.05, 0.1) is 22.6 Å². The summed E-state index contributed by atoms with van der Waals surface area (Å²) in [6.45, 7) is 3.09. The number of ether oxygens (including phenoxy) is 2. The number of nitrogens with one attached hydrogen (secondary N) is 2. The minimum Gasteiger partial charge on any atom is -0.497 e. The first kappa shape index (κ1) is 25.6. The van der Waals surface area contributed by atoms with Gasteiger partial charge in [0.1, 0.15) is 11.8 Å². The van der Waals surface area contributed by atoms with Crippen LogP contribution in [0.25, 0.3) is 0 Å². The zero-order valence-electron chi connectivity index (χ0n) is 18.3. The van der Waals surface area contributed by atoms with Crippen LogP contribution in [0.4, 0.5) is 5.69 Å². The number of rotatable bonds is 10. The van der Waals surface area contributed by atoms with Gasteiger partial charge in [-0.3, -0.25) is 19.7 Å². The molecular weight excluding hydrogens is 454 g/mol. The van der Waals surface area contributed by atoms with Crippen molar-refractivity contribution < 1.29 is 28.8 Å². The average Bonchev–Trinajstić information content (AvgIpc) is 2.79. The van der Waals surface area contributed by atoms with Crippen LogP contribution >= 0.6 is 11.6 Å². The fourth-order valence-corrected chi connectivity index (χ4v) is 3.00. The fraction of sp³-hybridized carbons (Fsp3) is 0.318. The molecule has 1 unspecified atom stereocenters. The van der Waals surface area contributed by atoms with Crippen molar-refractivity contribution in [2.75, 3.05) is 13.7 Å². The second-order valence-electron chi connectivity index (χ2n) is 7.35. The summed E-state index contributed by atoms with van der Waals surface area (Å²) in [6.07, 6.45) is 0. The first-order valence-corrected chi connectivity index (χ1v) is 10.3. The molecular formula is C22H24ClN3O7. The van der Waals surface area contributed by atoms with Gasteiger partial charge >= 0.3 is 5.97 Å². The van der Waals surface area contributed by atoms with Crippen molar-refractivity contribution in [3.8, 4) is 5.75 Å². The predicted octanol–water partition coefficient (Wildman–Crippen LogP) is 2.87. The molecule has 1 atom stereocenters. The maximum atomic E-state index is 12.5. The number of nitro benzene ring substituents is 1. The van der Waals surface area contributed by atoms with Crippen LogP contribution in [0.1, 0.15) is 29.8 Å². The molecule has 2 amide bonds. The first-order chi connectivity index (χ1) is 15.6. The molecule has 2 aromatic rings. The Balaban J connectivity index is 1.91. The van der Waals surface area contributed by atoms with Gasteiger partial charge in [-0.2, -0.15) is 0 Å². The number of carbonyl (C=O) groups excluding carboxylic acids is 3. The van der Waals surface area contributed by atoms with Crippen molar-refractivity contribution in [3.05, 3.63) is 68.7 Å². The number of esters is 1. The van der Waals surface area contributed by atoms with Crippen LogP contribution in [0.5, 0.6) is 5.75 Å². The topological polar surface area (TPSA) is 137 Å². The van der Waals surface area contributed by atoms with E-state index in [9.17, 15) is 24.5 Å². The van der Waals surface area contributed by atoms with Crippen molar-refractivity contribution >= 4 is 35.1 Å². The van der Waals surface area contributed by atoms with Crippen molar-refractivity contribution in [1.82, 2.24) is 10.6 Å². The molecule has 0 heterocycles. The number of methoxy groups -OCH3 is 1. The van der Waals surface area contributed by atoms with Crippen LogP contribution in [-0.4, -0.2) is 42.5 Å². The summed E-state index contributed by atoms with van der Waals surface area (Å²) in [7, 11) is 1.55. The number of nitro groups is 1. The summed E-state index contributed by atoms with van der Waals surface area (Å²) in [5.74, 6) is -1.67. The molecule has 10 nitrogen and oxygen atoms in total. The number of amides is 2. The highest BCUT2D eigenvalue weighted by molar-refractivity contribution is 6.34. The average molecular weight is 478 g/mol. The number of benzene rings is 2. The van der Waals surface area contributed by atoms with Gasteiger partial charge < -0.3 is 20.1 Å². The number of nitrogens with zero attached hydrogens (tertiary/aromatic N) is 1. The lowest BCUT2D eigenvalue weighted by Crippen LogP contribution is -2.46. The van der Waals surface area contributed by atoms with Crippen molar-refractivity contribution in [1.29, 1.82) is 0 Å². The Bertz CT molecular complexity index is 1030. The van der Waals surface area contributed by atoms with Crippen molar-refractivity contribution in [3.63, 3.8) is 0 Å².